The number of anilines is 1. The Hall–Kier alpha value is -3.03. The largest absolute Gasteiger partial charge is 0.471 e. The number of rotatable bonds is 2. The zero-order chi connectivity index (χ0) is 22.4. The van der Waals surface area contributed by atoms with Crippen molar-refractivity contribution in [1.82, 2.24) is 9.88 Å². The summed E-state index contributed by atoms with van der Waals surface area (Å²) >= 11 is 0. The highest BCUT2D eigenvalue weighted by atomic mass is 19.1. The lowest BCUT2D eigenvalue weighted by atomic mass is 9.84. The summed E-state index contributed by atoms with van der Waals surface area (Å²) in [6.07, 6.45) is 5.62. The van der Waals surface area contributed by atoms with Crippen LogP contribution in [0, 0.1) is 17.6 Å². The molecular weight excluding hydrogens is 416 g/mol. The van der Waals surface area contributed by atoms with Gasteiger partial charge in [-0.05, 0) is 56.4 Å². The number of carbonyl (C=O) groups excluding carboxylic acids is 2. The first-order chi connectivity index (χ1) is 15.4. The molecule has 2 amide bonds. The Balaban J connectivity index is 1.51. The molecule has 0 bridgehead atoms. The third kappa shape index (κ3) is 3.51. The number of nitrogens with zero attached hydrogens (tertiary/aromatic N) is 3. The van der Waals surface area contributed by atoms with E-state index in [1.54, 1.807) is 28.1 Å². The molecule has 3 heterocycles. The van der Waals surface area contributed by atoms with Crippen molar-refractivity contribution < 1.29 is 23.1 Å². The van der Waals surface area contributed by atoms with E-state index in [1.165, 1.54) is 6.07 Å². The Kier molecular flexibility index (Phi) is 5.31. The summed E-state index contributed by atoms with van der Waals surface area (Å²) in [5.74, 6) is -1.83. The number of halogens is 2. The molecule has 2 aliphatic heterocycles. The highest BCUT2D eigenvalue weighted by Crippen LogP contribution is 2.42. The van der Waals surface area contributed by atoms with Gasteiger partial charge in [0.15, 0.2) is 0 Å². The molecule has 1 unspecified atom stereocenters. The van der Waals surface area contributed by atoms with E-state index in [9.17, 15) is 18.4 Å². The summed E-state index contributed by atoms with van der Waals surface area (Å²) in [5.41, 5.74) is 0.374. The van der Waals surface area contributed by atoms with E-state index >= 15 is 0 Å². The summed E-state index contributed by atoms with van der Waals surface area (Å²) in [4.78, 5) is 34.8. The summed E-state index contributed by atoms with van der Waals surface area (Å²) in [6, 6.07) is 5.64. The molecule has 2 fully saturated rings. The smallest absolute Gasteiger partial charge is 0.257 e. The zero-order valence-corrected chi connectivity index (χ0v) is 17.8. The van der Waals surface area contributed by atoms with Crippen LogP contribution in [0.5, 0.6) is 5.88 Å². The van der Waals surface area contributed by atoms with Crippen LogP contribution in [0.25, 0.3) is 0 Å². The number of carbonyl (C=O) groups is 2. The molecule has 5 rings (SSSR count). The van der Waals surface area contributed by atoms with Gasteiger partial charge in [0.1, 0.15) is 29.5 Å². The number of benzene rings is 1. The first-order valence-electron chi connectivity index (χ1n) is 11.1. The zero-order valence-electron chi connectivity index (χ0n) is 17.8. The van der Waals surface area contributed by atoms with Gasteiger partial charge in [0.2, 0.25) is 11.8 Å². The van der Waals surface area contributed by atoms with Gasteiger partial charge in [0.05, 0.1) is 12.1 Å². The first kappa shape index (κ1) is 20.8. The van der Waals surface area contributed by atoms with Crippen molar-refractivity contribution in [1.29, 1.82) is 0 Å². The van der Waals surface area contributed by atoms with Gasteiger partial charge in [-0.25, -0.2) is 13.8 Å². The lowest BCUT2D eigenvalue weighted by Gasteiger charge is -2.37. The summed E-state index contributed by atoms with van der Waals surface area (Å²) in [5, 5.41) is 0. The van der Waals surface area contributed by atoms with Crippen molar-refractivity contribution in [2.24, 2.45) is 5.92 Å². The van der Waals surface area contributed by atoms with Gasteiger partial charge < -0.3 is 14.5 Å². The Bertz CT molecular complexity index is 1060. The van der Waals surface area contributed by atoms with Gasteiger partial charge in [-0.3, -0.25) is 9.59 Å². The molecule has 1 aromatic heterocycles. The van der Waals surface area contributed by atoms with Crippen LogP contribution in [0.4, 0.5) is 14.5 Å². The lowest BCUT2D eigenvalue weighted by Crippen LogP contribution is -2.53. The highest BCUT2D eigenvalue weighted by Gasteiger charge is 2.49. The van der Waals surface area contributed by atoms with Crippen molar-refractivity contribution in [2.75, 3.05) is 11.4 Å². The molecule has 1 saturated heterocycles. The number of aromatic nitrogens is 1. The number of likely N-dealkylation sites (tertiary alicyclic amines) is 1. The van der Waals surface area contributed by atoms with E-state index in [0.717, 1.165) is 31.7 Å². The van der Waals surface area contributed by atoms with E-state index in [-0.39, 0.29) is 29.5 Å². The average molecular weight is 441 g/mol. The van der Waals surface area contributed by atoms with Crippen LogP contribution in [0.3, 0.4) is 0 Å². The van der Waals surface area contributed by atoms with Gasteiger partial charge in [0.25, 0.3) is 5.91 Å². The van der Waals surface area contributed by atoms with E-state index in [4.69, 9.17) is 4.74 Å². The molecule has 1 saturated carbocycles. The monoisotopic (exact) mass is 441 g/mol. The van der Waals surface area contributed by atoms with Crippen LogP contribution in [0.15, 0.2) is 36.5 Å². The number of ether oxygens (including phenoxy) is 1. The van der Waals surface area contributed by atoms with Gasteiger partial charge >= 0.3 is 0 Å². The van der Waals surface area contributed by atoms with Crippen molar-refractivity contribution in [2.45, 2.75) is 57.2 Å². The molecule has 1 aromatic carbocycles. The highest BCUT2D eigenvalue weighted by molar-refractivity contribution is 6.03. The predicted octanol–water partition coefficient (Wildman–Crippen LogP) is 3.95. The third-order valence-electron chi connectivity index (χ3n) is 6.83. The molecule has 0 N–H and O–H groups in total. The van der Waals surface area contributed by atoms with Crippen molar-refractivity contribution in [3.63, 3.8) is 0 Å². The summed E-state index contributed by atoms with van der Waals surface area (Å²) in [7, 11) is 0. The molecule has 1 aliphatic carbocycles. The molecule has 2 aromatic rings. The average Bonchev–Trinajstić information content (AvgIpc) is 3.17. The van der Waals surface area contributed by atoms with Crippen LogP contribution in [-0.4, -0.2) is 46.4 Å². The second-order valence-corrected chi connectivity index (χ2v) is 8.90. The molecule has 0 spiro atoms. The maximum absolute atomic E-state index is 14.5. The van der Waals surface area contributed by atoms with Crippen molar-refractivity contribution >= 4 is 17.5 Å². The van der Waals surface area contributed by atoms with E-state index in [0.29, 0.717) is 30.6 Å². The molecule has 6 nitrogen and oxygen atoms in total. The van der Waals surface area contributed by atoms with Gasteiger partial charge in [-0.1, -0.05) is 12.8 Å². The van der Waals surface area contributed by atoms with E-state index < -0.39 is 23.6 Å². The Morgan fingerprint density at radius 2 is 1.97 bits per heavy atom. The SMILES string of the molecule is CC1CN(C(=O)[C@@H]2C[C@@H]3CCCC[C@@H]3N2C(=O)c2ccc(F)cc2F)c2cccnc2O1. The molecule has 4 atom stereocenters. The topological polar surface area (TPSA) is 62.7 Å². The quantitative estimate of drug-likeness (QED) is 0.708. The normalized spacial score (nSPS) is 26.8. The first-order valence-corrected chi connectivity index (χ1v) is 11.1. The fraction of sp³-hybridized carbons (Fsp3) is 0.458. The number of pyridine rings is 1. The van der Waals surface area contributed by atoms with Crippen LogP contribution in [0.2, 0.25) is 0 Å². The fourth-order valence-electron chi connectivity index (χ4n) is 5.43. The molecule has 32 heavy (non-hydrogen) atoms. The minimum atomic E-state index is -0.907. The minimum absolute atomic E-state index is 0.124. The number of hydrogen-bond acceptors (Lipinski definition) is 4. The standard InChI is InChI=1S/C24H25F2N3O3/c1-14-13-28(20-7-4-10-27-22(20)32-14)24(31)21-11-15-5-2-3-6-19(15)29(21)23(30)17-9-8-16(25)12-18(17)26/h4,7-10,12,14-15,19,21H,2-3,5-6,11,13H2,1H3/t14?,15-,19-,21-/m0/s1. The number of hydrogen-bond donors (Lipinski definition) is 0. The van der Waals surface area contributed by atoms with Crippen molar-refractivity contribution in [3.8, 4) is 5.88 Å². The number of amides is 2. The summed E-state index contributed by atoms with van der Waals surface area (Å²) in [6.45, 7) is 2.21. The van der Waals surface area contributed by atoms with Crippen LogP contribution >= 0.6 is 0 Å². The second-order valence-electron chi connectivity index (χ2n) is 8.90. The van der Waals surface area contributed by atoms with Gasteiger partial charge in [0, 0.05) is 18.3 Å². The summed E-state index contributed by atoms with van der Waals surface area (Å²) < 4.78 is 33.7. The van der Waals surface area contributed by atoms with Crippen LogP contribution < -0.4 is 9.64 Å². The van der Waals surface area contributed by atoms with Crippen LogP contribution in [0.1, 0.15) is 49.4 Å². The third-order valence-corrected chi connectivity index (χ3v) is 6.83. The van der Waals surface area contributed by atoms with Crippen molar-refractivity contribution in [3.05, 3.63) is 53.7 Å². The van der Waals surface area contributed by atoms with Gasteiger partial charge in [-0.2, -0.15) is 0 Å². The second kappa shape index (κ2) is 8.15. The Labute approximate surface area is 185 Å². The molecular formula is C24H25F2N3O3. The number of fused-ring (bicyclic) bond motifs is 2. The molecule has 8 heteroatoms. The van der Waals surface area contributed by atoms with E-state index in [2.05, 4.69) is 4.98 Å². The van der Waals surface area contributed by atoms with Crippen LogP contribution in [-0.2, 0) is 4.79 Å². The lowest BCUT2D eigenvalue weighted by molar-refractivity contribution is -0.123. The molecule has 3 aliphatic rings. The molecule has 0 radical (unpaired) electrons. The van der Waals surface area contributed by atoms with Gasteiger partial charge in [-0.15, -0.1) is 0 Å². The van der Waals surface area contributed by atoms with E-state index in [1.807, 2.05) is 6.92 Å². The molecule has 168 valence electrons. The minimum Gasteiger partial charge on any atom is -0.471 e. The Morgan fingerprint density at radius 1 is 1.16 bits per heavy atom. The Morgan fingerprint density at radius 3 is 2.78 bits per heavy atom. The fourth-order valence-corrected chi connectivity index (χ4v) is 5.43. The predicted molar refractivity (Wildman–Crippen MR) is 113 cm³/mol. The maximum Gasteiger partial charge on any atom is 0.257 e. The maximum atomic E-state index is 14.5.